The zero-order valence-electron chi connectivity index (χ0n) is 8.48. The highest BCUT2D eigenvalue weighted by Gasteiger charge is 2.34. The molecule has 0 aliphatic carbocycles. The average molecular weight is 234 g/mol. The van der Waals surface area contributed by atoms with Crippen molar-refractivity contribution in [3.05, 3.63) is 29.6 Å². The van der Waals surface area contributed by atoms with E-state index in [4.69, 9.17) is 5.73 Å². The molecule has 16 heavy (non-hydrogen) atoms. The Balaban J connectivity index is 3.18. The summed E-state index contributed by atoms with van der Waals surface area (Å²) in [5.41, 5.74) is 4.04. The van der Waals surface area contributed by atoms with Crippen LogP contribution in [0.3, 0.4) is 0 Å². The van der Waals surface area contributed by atoms with Gasteiger partial charge in [0.25, 0.3) is 0 Å². The molecule has 0 saturated heterocycles. The summed E-state index contributed by atoms with van der Waals surface area (Å²) in [6.45, 7) is 1.72. The predicted octanol–water partition coefficient (Wildman–Crippen LogP) is 3.24. The molecule has 6 heteroatoms. The largest absolute Gasteiger partial charge is 0.419 e. The van der Waals surface area contributed by atoms with Crippen molar-refractivity contribution in [2.24, 2.45) is 10.7 Å². The van der Waals surface area contributed by atoms with Crippen molar-refractivity contribution >= 4 is 11.5 Å². The molecule has 1 aromatic carbocycles. The van der Waals surface area contributed by atoms with Gasteiger partial charge in [-0.3, -0.25) is 0 Å². The minimum absolute atomic E-state index is 0.00641. The maximum atomic E-state index is 12.9. The van der Waals surface area contributed by atoms with Gasteiger partial charge in [-0.05, 0) is 18.2 Å². The molecular formula is C10H10F4N2. The number of nitrogens with two attached hydrogens (primary N) is 1. The lowest BCUT2D eigenvalue weighted by Gasteiger charge is -2.08. The maximum absolute atomic E-state index is 12.9. The van der Waals surface area contributed by atoms with Gasteiger partial charge in [0, 0.05) is 6.42 Å². The summed E-state index contributed by atoms with van der Waals surface area (Å²) in [5.74, 6) is -1.12. The van der Waals surface area contributed by atoms with Gasteiger partial charge < -0.3 is 5.73 Å². The van der Waals surface area contributed by atoms with Crippen molar-refractivity contribution in [1.82, 2.24) is 0 Å². The highest BCUT2D eigenvalue weighted by molar-refractivity contribution is 5.82. The molecule has 0 atom stereocenters. The van der Waals surface area contributed by atoms with Gasteiger partial charge in [-0.1, -0.05) is 6.92 Å². The Kier molecular flexibility index (Phi) is 3.51. The number of aliphatic imine (C=N–C) groups is 1. The van der Waals surface area contributed by atoms with Crippen LogP contribution in [0, 0.1) is 5.82 Å². The first-order valence-electron chi connectivity index (χ1n) is 4.54. The number of rotatable bonds is 2. The Labute approximate surface area is 89.8 Å². The van der Waals surface area contributed by atoms with E-state index in [0.717, 1.165) is 12.1 Å². The van der Waals surface area contributed by atoms with Crippen LogP contribution in [-0.4, -0.2) is 5.84 Å². The molecule has 0 unspecified atom stereocenters. The fraction of sp³-hybridized carbons (Fsp3) is 0.300. The molecule has 0 saturated carbocycles. The molecule has 2 N–H and O–H groups in total. The topological polar surface area (TPSA) is 38.4 Å². The van der Waals surface area contributed by atoms with E-state index in [-0.39, 0.29) is 11.5 Å². The van der Waals surface area contributed by atoms with Crippen molar-refractivity contribution in [2.75, 3.05) is 0 Å². The highest BCUT2D eigenvalue weighted by Crippen LogP contribution is 2.33. The van der Waals surface area contributed by atoms with Crippen molar-refractivity contribution in [3.63, 3.8) is 0 Å². The molecule has 0 bridgehead atoms. The molecule has 0 amide bonds. The third-order valence-electron chi connectivity index (χ3n) is 1.89. The van der Waals surface area contributed by atoms with Crippen LogP contribution < -0.4 is 5.73 Å². The summed E-state index contributed by atoms with van der Waals surface area (Å²) in [5, 5.41) is 0. The summed E-state index contributed by atoms with van der Waals surface area (Å²) in [6, 6.07) is 2.51. The lowest BCUT2D eigenvalue weighted by Crippen LogP contribution is -2.10. The van der Waals surface area contributed by atoms with E-state index in [1.165, 1.54) is 0 Å². The summed E-state index contributed by atoms with van der Waals surface area (Å²) in [6.07, 6.45) is -4.31. The summed E-state index contributed by atoms with van der Waals surface area (Å²) < 4.78 is 49.9. The van der Waals surface area contributed by atoms with E-state index < -0.39 is 17.6 Å². The van der Waals surface area contributed by atoms with Gasteiger partial charge in [0.2, 0.25) is 0 Å². The first-order chi connectivity index (χ1) is 7.34. The summed E-state index contributed by atoms with van der Waals surface area (Å²) in [4.78, 5) is 3.72. The minimum atomic E-state index is -4.73. The normalized spacial score (nSPS) is 12.9. The number of amidine groups is 1. The van der Waals surface area contributed by atoms with Crippen molar-refractivity contribution < 1.29 is 17.6 Å². The Morgan fingerprint density at radius 2 is 2.00 bits per heavy atom. The van der Waals surface area contributed by atoms with Crippen LogP contribution in [0.5, 0.6) is 0 Å². The molecule has 0 spiro atoms. The molecule has 88 valence electrons. The summed E-state index contributed by atoms with van der Waals surface area (Å²) >= 11 is 0. The molecular weight excluding hydrogens is 224 g/mol. The number of alkyl halides is 3. The van der Waals surface area contributed by atoms with Crippen LogP contribution >= 0.6 is 0 Å². The van der Waals surface area contributed by atoms with E-state index in [1.807, 2.05) is 0 Å². The van der Waals surface area contributed by atoms with Crippen LogP contribution in [0.15, 0.2) is 23.2 Å². The third kappa shape index (κ3) is 2.95. The number of hydrogen-bond donors (Lipinski definition) is 1. The van der Waals surface area contributed by atoms with Crippen LogP contribution in [0.25, 0.3) is 0 Å². The van der Waals surface area contributed by atoms with E-state index >= 15 is 0 Å². The molecule has 0 fully saturated rings. The molecule has 0 aliphatic rings. The van der Waals surface area contributed by atoms with Crippen molar-refractivity contribution in [3.8, 4) is 0 Å². The molecule has 2 nitrogen and oxygen atoms in total. The highest BCUT2D eigenvalue weighted by atomic mass is 19.4. The van der Waals surface area contributed by atoms with Crippen molar-refractivity contribution in [1.29, 1.82) is 0 Å². The van der Waals surface area contributed by atoms with Gasteiger partial charge in [0.1, 0.15) is 5.82 Å². The number of hydrogen-bond acceptors (Lipinski definition) is 1. The van der Waals surface area contributed by atoms with Gasteiger partial charge in [0.15, 0.2) is 0 Å². The van der Waals surface area contributed by atoms with Gasteiger partial charge >= 0.3 is 6.18 Å². The summed E-state index contributed by atoms with van der Waals surface area (Å²) in [7, 11) is 0. The van der Waals surface area contributed by atoms with Gasteiger partial charge in [-0.25, -0.2) is 9.38 Å². The third-order valence-corrected chi connectivity index (χ3v) is 1.89. The van der Waals surface area contributed by atoms with Crippen LogP contribution in [-0.2, 0) is 6.18 Å². The molecule has 0 aromatic heterocycles. The van der Waals surface area contributed by atoms with Gasteiger partial charge in [-0.2, -0.15) is 13.2 Å². The lowest BCUT2D eigenvalue weighted by molar-refractivity contribution is -0.139. The first-order valence-corrected chi connectivity index (χ1v) is 4.54. The first kappa shape index (κ1) is 12.5. The van der Waals surface area contributed by atoms with Gasteiger partial charge in [0.05, 0.1) is 17.1 Å². The minimum Gasteiger partial charge on any atom is -0.387 e. The van der Waals surface area contributed by atoms with E-state index in [2.05, 4.69) is 4.99 Å². The van der Waals surface area contributed by atoms with Gasteiger partial charge in [-0.15, -0.1) is 0 Å². The standard InChI is InChI=1S/C10H10F4N2/c1-2-9(15)16-6-3-4-8(11)7(5-6)10(12,13)14/h3-5H,2H2,1H3,(H2,15,16). The van der Waals surface area contributed by atoms with Crippen LogP contribution in [0.4, 0.5) is 23.2 Å². The predicted molar refractivity (Wildman–Crippen MR) is 53.0 cm³/mol. The van der Waals surface area contributed by atoms with Crippen LogP contribution in [0.2, 0.25) is 0 Å². The Hall–Kier alpha value is -1.59. The number of nitrogens with zero attached hydrogens (tertiary/aromatic N) is 1. The molecule has 0 heterocycles. The van der Waals surface area contributed by atoms with E-state index in [9.17, 15) is 17.6 Å². The van der Waals surface area contributed by atoms with Crippen molar-refractivity contribution in [2.45, 2.75) is 19.5 Å². The Morgan fingerprint density at radius 3 is 2.50 bits per heavy atom. The molecule has 0 aliphatic heterocycles. The van der Waals surface area contributed by atoms with Crippen LogP contribution in [0.1, 0.15) is 18.9 Å². The zero-order chi connectivity index (χ0) is 12.3. The second kappa shape index (κ2) is 4.51. The lowest BCUT2D eigenvalue weighted by atomic mass is 10.2. The number of benzene rings is 1. The second-order valence-electron chi connectivity index (χ2n) is 3.12. The Morgan fingerprint density at radius 1 is 1.38 bits per heavy atom. The zero-order valence-corrected chi connectivity index (χ0v) is 8.48. The average Bonchev–Trinajstić information content (AvgIpc) is 2.19. The fourth-order valence-corrected chi connectivity index (χ4v) is 1.04. The second-order valence-corrected chi connectivity index (χ2v) is 3.12. The quantitative estimate of drug-likeness (QED) is 0.476. The molecule has 1 rings (SSSR count). The maximum Gasteiger partial charge on any atom is 0.419 e. The smallest absolute Gasteiger partial charge is 0.387 e. The molecule has 1 aromatic rings. The fourth-order valence-electron chi connectivity index (χ4n) is 1.04. The monoisotopic (exact) mass is 234 g/mol. The van der Waals surface area contributed by atoms with E-state index in [0.29, 0.717) is 12.5 Å². The SMILES string of the molecule is CCC(N)=Nc1ccc(F)c(C(F)(F)F)c1. The van der Waals surface area contributed by atoms with E-state index in [1.54, 1.807) is 6.92 Å². The number of halogens is 4. The molecule has 0 radical (unpaired) electrons. The Bertz CT molecular complexity index is 410.